The lowest BCUT2D eigenvalue weighted by atomic mass is 9.94. The van der Waals surface area contributed by atoms with Crippen LogP contribution in [0.3, 0.4) is 0 Å². The van der Waals surface area contributed by atoms with Crippen LogP contribution in [0.1, 0.15) is 83.1 Å². The number of nitrogens with zero attached hydrogens (tertiary/aromatic N) is 2. The normalized spacial score (nSPS) is 36.8. The number of hydroxylamine groups is 2. The molecule has 43 heavy (non-hydrogen) atoms. The monoisotopic (exact) mass is 605 g/mol. The highest BCUT2D eigenvalue weighted by Gasteiger charge is 2.65. The van der Waals surface area contributed by atoms with Crippen LogP contribution in [-0.4, -0.2) is 88.2 Å². The number of hydrogen-bond donors (Lipinski definition) is 1. The van der Waals surface area contributed by atoms with E-state index in [-0.39, 0.29) is 25.7 Å². The zero-order valence-corrected chi connectivity index (χ0v) is 25.0. The van der Waals surface area contributed by atoms with E-state index in [0.717, 1.165) is 57.8 Å². The van der Waals surface area contributed by atoms with Crippen LogP contribution < -0.4 is 11.2 Å². The molecule has 7 atom stereocenters. The summed E-state index contributed by atoms with van der Waals surface area (Å²) in [6.07, 6.45) is 8.48. The van der Waals surface area contributed by atoms with Crippen LogP contribution in [0.15, 0.2) is 15.8 Å². The number of H-pyrrole nitrogens is 1. The molecule has 4 aliphatic heterocycles. The van der Waals surface area contributed by atoms with Gasteiger partial charge in [0, 0.05) is 43.9 Å². The Labute approximate surface area is 250 Å². The van der Waals surface area contributed by atoms with E-state index in [4.69, 9.17) is 33.3 Å². The molecule has 7 rings (SSSR count). The van der Waals surface area contributed by atoms with Gasteiger partial charge < -0.3 is 28.4 Å². The SMILES string of the molecule is CCOC(=O)[C@H]1C[C@@H](Cn2cc(C)c(=O)[nH]c2=O)ON1[C@H]1O[C@H]([C@H]2COC3(CCCCC3)O2)[C@@H]2OC3(CCCCC3)O[C@@H]21. The number of aromatic nitrogens is 2. The van der Waals surface area contributed by atoms with E-state index < -0.39 is 65.5 Å². The van der Waals surface area contributed by atoms with E-state index in [1.54, 1.807) is 18.9 Å². The van der Waals surface area contributed by atoms with Gasteiger partial charge in [-0.15, -0.1) is 5.06 Å². The van der Waals surface area contributed by atoms with E-state index in [1.165, 1.54) is 17.2 Å². The van der Waals surface area contributed by atoms with Gasteiger partial charge in [0.05, 0.1) is 25.9 Å². The second-order valence-corrected chi connectivity index (χ2v) is 12.9. The highest BCUT2D eigenvalue weighted by Crippen LogP contribution is 2.50. The third kappa shape index (κ3) is 5.51. The molecular weight excluding hydrogens is 562 g/mol. The molecule has 0 aromatic carbocycles. The molecule has 2 aliphatic carbocycles. The first-order chi connectivity index (χ1) is 20.8. The number of esters is 1. The van der Waals surface area contributed by atoms with Crippen LogP contribution >= 0.6 is 0 Å². The summed E-state index contributed by atoms with van der Waals surface area (Å²) in [6.45, 7) is 4.14. The maximum absolute atomic E-state index is 13.3. The highest BCUT2D eigenvalue weighted by molar-refractivity contribution is 5.76. The highest BCUT2D eigenvalue weighted by atomic mass is 16.8. The van der Waals surface area contributed by atoms with Crippen molar-refractivity contribution >= 4 is 5.97 Å². The average molecular weight is 606 g/mol. The second kappa shape index (κ2) is 11.7. The Morgan fingerprint density at radius 1 is 0.977 bits per heavy atom. The fourth-order valence-corrected chi connectivity index (χ4v) is 7.77. The maximum atomic E-state index is 13.3. The molecule has 0 bridgehead atoms. The minimum Gasteiger partial charge on any atom is -0.465 e. The van der Waals surface area contributed by atoms with Gasteiger partial charge >= 0.3 is 11.7 Å². The van der Waals surface area contributed by atoms with E-state index in [1.807, 2.05) is 0 Å². The van der Waals surface area contributed by atoms with Gasteiger partial charge in [0.2, 0.25) is 0 Å². The summed E-state index contributed by atoms with van der Waals surface area (Å²) >= 11 is 0. The van der Waals surface area contributed by atoms with Crippen molar-refractivity contribution in [2.24, 2.45) is 0 Å². The quantitative estimate of drug-likeness (QED) is 0.477. The van der Waals surface area contributed by atoms with Crippen LogP contribution in [0.25, 0.3) is 0 Å². The van der Waals surface area contributed by atoms with Crippen molar-refractivity contribution in [3.63, 3.8) is 0 Å². The van der Waals surface area contributed by atoms with Gasteiger partial charge in [0.1, 0.15) is 30.5 Å². The summed E-state index contributed by atoms with van der Waals surface area (Å²) in [6, 6.07) is -0.786. The standard InChI is InChI=1S/C30H43N3O10/c1-3-37-27(35)20-14-19(16-32-15-18(2)25(34)31-28(32)36)43-33(20)26-24-23(41-30(42-24)12-8-5-9-13-30)22(39-26)21-17-38-29(40-21)10-6-4-7-11-29/h15,19-24,26H,3-14,16-17H2,1-2H3,(H,31,34,36)/t19-,20+,21+,22+,23-,24-,26-/m0/s1. The Morgan fingerprint density at radius 3 is 2.40 bits per heavy atom. The summed E-state index contributed by atoms with van der Waals surface area (Å²) < 4.78 is 39.9. The van der Waals surface area contributed by atoms with Crippen LogP contribution in [0, 0.1) is 6.92 Å². The Bertz CT molecular complexity index is 1300. The molecule has 238 valence electrons. The lowest BCUT2D eigenvalue weighted by molar-refractivity contribution is -0.300. The summed E-state index contributed by atoms with van der Waals surface area (Å²) in [7, 11) is 0. The number of aryl methyl sites for hydroxylation is 1. The van der Waals surface area contributed by atoms with Crippen molar-refractivity contribution in [3.8, 4) is 0 Å². The molecule has 0 radical (unpaired) electrons. The number of carbonyl (C=O) groups excluding carboxylic acids is 1. The van der Waals surface area contributed by atoms with Crippen LogP contribution in [0.5, 0.6) is 0 Å². The Morgan fingerprint density at radius 2 is 1.67 bits per heavy atom. The molecule has 4 saturated heterocycles. The summed E-state index contributed by atoms with van der Waals surface area (Å²) in [4.78, 5) is 46.5. The predicted octanol–water partition coefficient (Wildman–Crippen LogP) is 2.03. The zero-order chi connectivity index (χ0) is 29.8. The topological polar surface area (TPSA) is 140 Å². The Hall–Kier alpha value is -2.13. The minimum atomic E-state index is -0.786. The predicted molar refractivity (Wildman–Crippen MR) is 149 cm³/mol. The van der Waals surface area contributed by atoms with Gasteiger partial charge in [-0.2, -0.15) is 0 Å². The van der Waals surface area contributed by atoms with Gasteiger partial charge in [0.15, 0.2) is 17.8 Å². The van der Waals surface area contributed by atoms with Crippen LogP contribution in [0.2, 0.25) is 0 Å². The molecule has 6 fully saturated rings. The number of hydrogen-bond acceptors (Lipinski definition) is 11. The number of fused-ring (bicyclic) bond motifs is 1. The summed E-state index contributed by atoms with van der Waals surface area (Å²) in [5.41, 5.74) is -0.562. The Kier molecular flexibility index (Phi) is 8.02. The fraction of sp³-hybridized carbons (Fsp3) is 0.833. The maximum Gasteiger partial charge on any atom is 0.328 e. The molecule has 1 N–H and O–H groups in total. The molecule has 0 unspecified atom stereocenters. The van der Waals surface area contributed by atoms with Gasteiger partial charge in [-0.25, -0.2) is 4.79 Å². The largest absolute Gasteiger partial charge is 0.465 e. The molecule has 6 aliphatic rings. The number of rotatable bonds is 6. The van der Waals surface area contributed by atoms with E-state index in [2.05, 4.69) is 4.98 Å². The molecule has 13 nitrogen and oxygen atoms in total. The van der Waals surface area contributed by atoms with E-state index >= 15 is 0 Å². The van der Waals surface area contributed by atoms with Gasteiger partial charge in [-0.3, -0.25) is 24.0 Å². The third-order valence-corrected chi connectivity index (χ3v) is 9.86. The van der Waals surface area contributed by atoms with E-state index in [0.29, 0.717) is 12.2 Å². The number of carbonyl (C=O) groups is 1. The lowest BCUT2D eigenvalue weighted by Gasteiger charge is -2.36. The molecule has 5 heterocycles. The van der Waals surface area contributed by atoms with Gasteiger partial charge in [-0.1, -0.05) is 12.8 Å². The zero-order valence-electron chi connectivity index (χ0n) is 25.0. The second-order valence-electron chi connectivity index (χ2n) is 12.9. The van der Waals surface area contributed by atoms with Crippen molar-refractivity contribution in [1.29, 1.82) is 0 Å². The fourth-order valence-electron chi connectivity index (χ4n) is 7.77. The number of aromatic amines is 1. The first-order valence-electron chi connectivity index (χ1n) is 16.0. The van der Waals surface area contributed by atoms with Crippen molar-refractivity contribution in [2.75, 3.05) is 13.2 Å². The molecule has 1 aromatic rings. The van der Waals surface area contributed by atoms with Gasteiger partial charge in [0.25, 0.3) is 5.56 Å². The third-order valence-electron chi connectivity index (χ3n) is 9.86. The van der Waals surface area contributed by atoms with Crippen molar-refractivity contribution in [1.82, 2.24) is 14.6 Å². The molecule has 2 saturated carbocycles. The molecular formula is C30H43N3O10. The summed E-state index contributed by atoms with van der Waals surface area (Å²) in [5, 5.41) is 1.56. The smallest absolute Gasteiger partial charge is 0.328 e. The number of ether oxygens (including phenoxy) is 6. The van der Waals surface area contributed by atoms with Crippen LogP contribution in [0.4, 0.5) is 0 Å². The van der Waals surface area contributed by atoms with E-state index in [9.17, 15) is 14.4 Å². The minimum absolute atomic E-state index is 0.135. The average Bonchev–Trinajstić information content (AvgIpc) is 3.75. The molecule has 2 spiro atoms. The molecule has 0 amide bonds. The first kappa shape index (κ1) is 29.6. The first-order valence-corrected chi connectivity index (χ1v) is 16.0. The van der Waals surface area contributed by atoms with Crippen molar-refractivity contribution in [2.45, 2.75) is 145 Å². The number of nitrogens with one attached hydrogen (secondary N) is 1. The van der Waals surface area contributed by atoms with Crippen LogP contribution in [-0.2, 0) is 44.6 Å². The lowest BCUT2D eigenvalue weighted by Crippen LogP contribution is -2.49. The van der Waals surface area contributed by atoms with Crippen molar-refractivity contribution < 1.29 is 38.1 Å². The van der Waals surface area contributed by atoms with Crippen molar-refractivity contribution in [3.05, 3.63) is 32.6 Å². The molecule has 13 heteroatoms. The summed E-state index contributed by atoms with van der Waals surface area (Å²) in [5.74, 6) is -1.71. The Balaban J connectivity index is 1.16. The van der Waals surface area contributed by atoms with Gasteiger partial charge in [-0.05, 0) is 39.5 Å². The molecule has 1 aromatic heterocycles.